The fraction of sp³-hybridized carbons (Fsp3) is 0.667. The predicted molar refractivity (Wildman–Crippen MR) is 52.4 cm³/mol. The van der Waals surface area contributed by atoms with Crippen LogP contribution in [0.4, 0.5) is 0 Å². The van der Waals surface area contributed by atoms with Crippen LogP contribution < -0.4 is 5.32 Å². The van der Waals surface area contributed by atoms with Gasteiger partial charge in [-0.2, -0.15) is 5.10 Å². The van der Waals surface area contributed by atoms with Crippen LogP contribution in [0, 0.1) is 5.92 Å². The lowest BCUT2D eigenvalue weighted by molar-refractivity contribution is -0.141. The molecular weight excluding hydrogens is 196 g/mol. The third-order valence-corrected chi connectivity index (χ3v) is 2.81. The second-order valence-electron chi connectivity index (χ2n) is 3.64. The van der Waals surface area contributed by atoms with Crippen molar-refractivity contribution in [2.24, 2.45) is 5.92 Å². The van der Waals surface area contributed by atoms with E-state index < -0.39 is 5.97 Å². The normalized spacial score (nSPS) is 25.7. The number of aliphatic carboxylic acids is 1. The van der Waals surface area contributed by atoms with Gasteiger partial charge in [0.1, 0.15) is 12.2 Å². The summed E-state index contributed by atoms with van der Waals surface area (Å²) in [5, 5.41) is 16.2. The van der Waals surface area contributed by atoms with E-state index in [2.05, 4.69) is 15.4 Å². The van der Waals surface area contributed by atoms with E-state index in [0.29, 0.717) is 13.1 Å². The van der Waals surface area contributed by atoms with Gasteiger partial charge in [-0.3, -0.25) is 9.48 Å². The second kappa shape index (κ2) is 3.98. The van der Waals surface area contributed by atoms with Gasteiger partial charge < -0.3 is 10.4 Å². The number of aryl methyl sites for hydroxylation is 1. The minimum absolute atomic E-state index is 0.0649. The van der Waals surface area contributed by atoms with Crippen LogP contribution in [0.5, 0.6) is 0 Å². The number of nitrogens with zero attached hydrogens (tertiary/aromatic N) is 3. The highest BCUT2D eigenvalue weighted by atomic mass is 16.4. The maximum atomic E-state index is 11.0. The Morgan fingerprint density at radius 3 is 3.20 bits per heavy atom. The lowest BCUT2D eigenvalue weighted by atomic mass is 9.95. The third kappa shape index (κ3) is 1.72. The van der Waals surface area contributed by atoms with Gasteiger partial charge in [-0.25, -0.2) is 4.98 Å². The molecule has 1 aromatic rings. The Hall–Kier alpha value is -1.43. The fourth-order valence-corrected chi connectivity index (χ4v) is 2.01. The molecule has 1 aromatic heterocycles. The molecule has 2 unspecified atom stereocenters. The minimum atomic E-state index is -0.768. The van der Waals surface area contributed by atoms with Gasteiger partial charge in [0.2, 0.25) is 0 Å². The molecular formula is C9H14N4O2. The van der Waals surface area contributed by atoms with Crippen molar-refractivity contribution in [1.29, 1.82) is 0 Å². The summed E-state index contributed by atoms with van der Waals surface area (Å²) in [6.45, 7) is 3.86. The Morgan fingerprint density at radius 1 is 1.73 bits per heavy atom. The van der Waals surface area contributed by atoms with E-state index in [-0.39, 0.29) is 11.8 Å². The van der Waals surface area contributed by atoms with E-state index in [9.17, 15) is 4.79 Å². The highest BCUT2D eigenvalue weighted by Gasteiger charge is 2.36. The van der Waals surface area contributed by atoms with Crippen LogP contribution in [-0.2, 0) is 11.3 Å². The molecule has 2 atom stereocenters. The molecule has 1 fully saturated rings. The molecule has 1 aliphatic heterocycles. The smallest absolute Gasteiger partial charge is 0.308 e. The monoisotopic (exact) mass is 210 g/mol. The van der Waals surface area contributed by atoms with Crippen LogP contribution in [-0.4, -0.2) is 38.9 Å². The molecule has 82 valence electrons. The summed E-state index contributed by atoms with van der Waals surface area (Å²) in [5.74, 6) is -0.449. The van der Waals surface area contributed by atoms with Gasteiger partial charge >= 0.3 is 5.97 Å². The number of rotatable bonds is 3. The summed E-state index contributed by atoms with van der Waals surface area (Å²) >= 11 is 0. The zero-order valence-electron chi connectivity index (χ0n) is 8.55. The van der Waals surface area contributed by atoms with Crippen LogP contribution in [0.3, 0.4) is 0 Å². The van der Waals surface area contributed by atoms with Crippen LogP contribution in [0.2, 0.25) is 0 Å². The quantitative estimate of drug-likeness (QED) is 0.715. The van der Waals surface area contributed by atoms with Gasteiger partial charge in [0.15, 0.2) is 0 Å². The SMILES string of the molecule is CCn1ncnc1C1CNCC1C(=O)O. The third-order valence-electron chi connectivity index (χ3n) is 2.81. The molecule has 6 nitrogen and oxygen atoms in total. The highest BCUT2D eigenvalue weighted by Crippen LogP contribution is 2.26. The number of aromatic nitrogens is 3. The van der Waals surface area contributed by atoms with Crippen molar-refractivity contribution in [3.8, 4) is 0 Å². The maximum absolute atomic E-state index is 11.0. The van der Waals surface area contributed by atoms with Crippen molar-refractivity contribution >= 4 is 5.97 Å². The van der Waals surface area contributed by atoms with Gasteiger partial charge in [-0.1, -0.05) is 0 Å². The molecule has 2 N–H and O–H groups in total. The number of hydrogen-bond acceptors (Lipinski definition) is 4. The van der Waals surface area contributed by atoms with Crippen LogP contribution in [0.25, 0.3) is 0 Å². The Kier molecular flexibility index (Phi) is 2.68. The van der Waals surface area contributed by atoms with E-state index in [0.717, 1.165) is 12.4 Å². The first-order chi connectivity index (χ1) is 7.24. The molecule has 6 heteroatoms. The topological polar surface area (TPSA) is 80.0 Å². The van der Waals surface area contributed by atoms with E-state index >= 15 is 0 Å². The average Bonchev–Trinajstić information content (AvgIpc) is 2.85. The van der Waals surface area contributed by atoms with Crippen molar-refractivity contribution in [2.45, 2.75) is 19.4 Å². The van der Waals surface area contributed by atoms with Crippen molar-refractivity contribution in [2.75, 3.05) is 13.1 Å². The summed E-state index contributed by atoms with van der Waals surface area (Å²) < 4.78 is 1.76. The molecule has 0 radical (unpaired) electrons. The molecule has 2 heterocycles. The molecule has 0 spiro atoms. The number of nitrogens with one attached hydrogen (secondary N) is 1. The van der Waals surface area contributed by atoms with Crippen LogP contribution in [0.1, 0.15) is 18.7 Å². The van der Waals surface area contributed by atoms with Gasteiger partial charge in [0.05, 0.1) is 5.92 Å². The van der Waals surface area contributed by atoms with Gasteiger partial charge in [0, 0.05) is 25.6 Å². The first-order valence-electron chi connectivity index (χ1n) is 5.05. The molecule has 0 amide bonds. The summed E-state index contributed by atoms with van der Waals surface area (Å²) in [4.78, 5) is 15.2. The molecule has 1 saturated heterocycles. The first-order valence-corrected chi connectivity index (χ1v) is 5.05. The molecule has 15 heavy (non-hydrogen) atoms. The molecule has 2 rings (SSSR count). The zero-order valence-corrected chi connectivity index (χ0v) is 8.55. The van der Waals surface area contributed by atoms with E-state index in [1.54, 1.807) is 4.68 Å². The van der Waals surface area contributed by atoms with E-state index in [1.165, 1.54) is 6.33 Å². The van der Waals surface area contributed by atoms with E-state index in [4.69, 9.17) is 5.11 Å². The van der Waals surface area contributed by atoms with Gasteiger partial charge in [-0.05, 0) is 6.92 Å². The largest absolute Gasteiger partial charge is 0.481 e. The number of carboxylic acids is 1. The molecule has 0 aliphatic carbocycles. The highest BCUT2D eigenvalue weighted by molar-refractivity contribution is 5.72. The number of carbonyl (C=O) groups is 1. The lowest BCUT2D eigenvalue weighted by Crippen LogP contribution is -2.23. The summed E-state index contributed by atoms with van der Waals surface area (Å²) in [6, 6.07) is 0. The standard InChI is InChI=1S/C9H14N4O2/c1-2-13-8(11-5-12-13)6-3-10-4-7(6)9(14)15/h5-7,10H,2-4H2,1H3,(H,14,15). The zero-order chi connectivity index (χ0) is 10.8. The summed E-state index contributed by atoms with van der Waals surface area (Å²) in [6.07, 6.45) is 1.48. The first kappa shape index (κ1) is 10.1. The van der Waals surface area contributed by atoms with Gasteiger partial charge in [-0.15, -0.1) is 0 Å². The Balaban J connectivity index is 2.26. The fourth-order valence-electron chi connectivity index (χ4n) is 2.01. The van der Waals surface area contributed by atoms with Crippen molar-refractivity contribution in [3.63, 3.8) is 0 Å². The predicted octanol–water partition coefficient (Wildman–Crippen LogP) is -0.314. The van der Waals surface area contributed by atoms with Crippen molar-refractivity contribution in [3.05, 3.63) is 12.2 Å². The Bertz CT molecular complexity index is 363. The molecule has 0 saturated carbocycles. The Labute approximate surface area is 87.3 Å². The minimum Gasteiger partial charge on any atom is -0.481 e. The maximum Gasteiger partial charge on any atom is 0.308 e. The second-order valence-corrected chi connectivity index (χ2v) is 3.64. The number of carboxylic acid groups (broad SMARTS) is 1. The molecule has 0 bridgehead atoms. The summed E-state index contributed by atoms with van der Waals surface area (Å²) in [7, 11) is 0. The van der Waals surface area contributed by atoms with Crippen LogP contribution >= 0.6 is 0 Å². The number of hydrogen-bond donors (Lipinski definition) is 2. The Morgan fingerprint density at radius 2 is 2.53 bits per heavy atom. The average molecular weight is 210 g/mol. The molecule has 1 aliphatic rings. The van der Waals surface area contributed by atoms with Gasteiger partial charge in [0.25, 0.3) is 0 Å². The van der Waals surface area contributed by atoms with Crippen molar-refractivity contribution < 1.29 is 9.90 Å². The molecule has 0 aromatic carbocycles. The summed E-state index contributed by atoms with van der Waals surface area (Å²) in [5.41, 5.74) is 0. The van der Waals surface area contributed by atoms with Crippen molar-refractivity contribution in [1.82, 2.24) is 20.1 Å². The lowest BCUT2D eigenvalue weighted by Gasteiger charge is -2.14. The van der Waals surface area contributed by atoms with Crippen LogP contribution in [0.15, 0.2) is 6.33 Å². The van der Waals surface area contributed by atoms with E-state index in [1.807, 2.05) is 6.92 Å².